The molecule has 0 saturated carbocycles. The fourth-order valence-electron chi connectivity index (χ4n) is 0.302. The zero-order valence-electron chi connectivity index (χ0n) is 7.02. The molecular weight excluding hydrogens is 187 g/mol. The van der Waals surface area contributed by atoms with E-state index in [1.165, 1.54) is 0 Å². The molecule has 0 bridgehead atoms. The minimum Gasteiger partial charge on any atom is -0.396 e. The Morgan fingerprint density at radius 1 is 1.27 bits per heavy atom. The molecule has 0 rings (SSSR count). The molecular formula is C7H16Cl2O2. The van der Waals surface area contributed by atoms with Crippen LogP contribution in [0.1, 0.15) is 20.3 Å². The maximum absolute atomic E-state index is 8.07. The zero-order chi connectivity index (χ0) is 9.11. The van der Waals surface area contributed by atoms with Crippen molar-refractivity contribution in [3.05, 3.63) is 0 Å². The summed E-state index contributed by atoms with van der Waals surface area (Å²) in [5.74, 6) is 0. The lowest BCUT2D eigenvalue weighted by Crippen LogP contribution is -1.89. The summed E-state index contributed by atoms with van der Waals surface area (Å²) >= 11 is 10.4. The molecule has 0 radical (unpaired) electrons. The van der Waals surface area contributed by atoms with Gasteiger partial charge in [0.2, 0.25) is 0 Å². The predicted molar refractivity (Wildman–Crippen MR) is 49.4 cm³/mol. The minimum atomic E-state index is -0.407. The van der Waals surface area contributed by atoms with Gasteiger partial charge >= 0.3 is 0 Å². The van der Waals surface area contributed by atoms with E-state index in [-0.39, 0.29) is 6.61 Å². The third-order valence-corrected chi connectivity index (χ3v) is 1.19. The van der Waals surface area contributed by atoms with Crippen molar-refractivity contribution in [3.8, 4) is 0 Å². The van der Waals surface area contributed by atoms with E-state index in [2.05, 4.69) is 0 Å². The maximum Gasteiger partial charge on any atom is 0.110 e. The van der Waals surface area contributed by atoms with Crippen LogP contribution in [0.5, 0.6) is 0 Å². The molecule has 70 valence electrons. The molecule has 1 N–H and O–H groups in total. The number of alkyl halides is 2. The maximum atomic E-state index is 8.07. The topological polar surface area (TPSA) is 29.5 Å². The van der Waals surface area contributed by atoms with Crippen LogP contribution in [0.3, 0.4) is 0 Å². The minimum absolute atomic E-state index is 0.0671. The Balaban J connectivity index is 0. The van der Waals surface area contributed by atoms with Crippen molar-refractivity contribution in [2.75, 3.05) is 19.8 Å². The summed E-state index contributed by atoms with van der Waals surface area (Å²) in [6.07, 6.45) is 0.461. The average molecular weight is 203 g/mol. The second-order valence-electron chi connectivity index (χ2n) is 1.68. The Labute approximate surface area is 78.4 Å². The van der Waals surface area contributed by atoms with Gasteiger partial charge in [-0.05, 0) is 13.8 Å². The lowest BCUT2D eigenvalue weighted by Gasteiger charge is -1.90. The molecule has 0 saturated heterocycles. The van der Waals surface area contributed by atoms with Gasteiger partial charge in [0.1, 0.15) is 4.84 Å². The summed E-state index contributed by atoms with van der Waals surface area (Å²) in [5.41, 5.74) is 0. The second-order valence-corrected chi connectivity index (χ2v) is 2.96. The van der Waals surface area contributed by atoms with Crippen LogP contribution in [-0.4, -0.2) is 29.8 Å². The molecule has 0 spiro atoms. The van der Waals surface area contributed by atoms with E-state index in [0.29, 0.717) is 6.42 Å². The molecule has 0 aliphatic carbocycles. The quantitative estimate of drug-likeness (QED) is 0.710. The van der Waals surface area contributed by atoms with Gasteiger partial charge in [-0.1, -0.05) is 0 Å². The van der Waals surface area contributed by atoms with Crippen molar-refractivity contribution in [2.45, 2.75) is 25.1 Å². The molecule has 0 unspecified atom stereocenters. The summed E-state index contributed by atoms with van der Waals surface area (Å²) in [6, 6.07) is 0. The van der Waals surface area contributed by atoms with Gasteiger partial charge < -0.3 is 9.84 Å². The average Bonchev–Trinajstić information content (AvgIpc) is 1.90. The number of aliphatic hydroxyl groups excluding tert-OH is 1. The number of ether oxygens (including phenoxy) is 1. The first-order valence-electron chi connectivity index (χ1n) is 3.65. The van der Waals surface area contributed by atoms with Crippen molar-refractivity contribution in [3.63, 3.8) is 0 Å². The van der Waals surface area contributed by atoms with Crippen LogP contribution in [0.2, 0.25) is 0 Å². The van der Waals surface area contributed by atoms with Crippen LogP contribution < -0.4 is 0 Å². The lowest BCUT2D eigenvalue weighted by molar-refractivity contribution is 0.162. The Kier molecular flexibility index (Phi) is 16.8. The van der Waals surface area contributed by atoms with Gasteiger partial charge in [0, 0.05) is 26.2 Å². The van der Waals surface area contributed by atoms with Crippen LogP contribution in [-0.2, 0) is 4.74 Å². The van der Waals surface area contributed by atoms with Crippen molar-refractivity contribution in [1.29, 1.82) is 0 Å². The monoisotopic (exact) mass is 202 g/mol. The summed E-state index contributed by atoms with van der Waals surface area (Å²) in [7, 11) is 0. The van der Waals surface area contributed by atoms with Crippen LogP contribution >= 0.6 is 23.2 Å². The molecule has 0 amide bonds. The molecule has 0 heterocycles. The van der Waals surface area contributed by atoms with Gasteiger partial charge in [0.05, 0.1) is 0 Å². The molecule has 0 aromatic carbocycles. The number of hydrogen-bond donors (Lipinski definition) is 1. The Hall–Kier alpha value is 0.500. The molecule has 0 aliphatic rings. The largest absolute Gasteiger partial charge is 0.396 e. The van der Waals surface area contributed by atoms with Crippen molar-refractivity contribution in [2.24, 2.45) is 0 Å². The van der Waals surface area contributed by atoms with Crippen LogP contribution in [0.15, 0.2) is 0 Å². The Morgan fingerprint density at radius 2 is 1.73 bits per heavy atom. The number of hydrogen-bond acceptors (Lipinski definition) is 2. The summed E-state index contributed by atoms with van der Waals surface area (Å²) in [5, 5.41) is 8.07. The number of rotatable bonds is 4. The van der Waals surface area contributed by atoms with E-state index in [4.69, 9.17) is 33.0 Å². The molecule has 0 aromatic rings. The van der Waals surface area contributed by atoms with E-state index >= 15 is 0 Å². The predicted octanol–water partition coefficient (Wildman–Crippen LogP) is 2.22. The highest BCUT2D eigenvalue weighted by Crippen LogP contribution is 2.04. The highest BCUT2D eigenvalue weighted by atomic mass is 35.5. The van der Waals surface area contributed by atoms with Gasteiger partial charge in [0.25, 0.3) is 0 Å². The highest BCUT2D eigenvalue weighted by molar-refractivity contribution is 6.44. The van der Waals surface area contributed by atoms with Crippen LogP contribution in [0.4, 0.5) is 0 Å². The van der Waals surface area contributed by atoms with E-state index < -0.39 is 4.84 Å². The first kappa shape index (κ1) is 14.0. The fraction of sp³-hybridized carbons (Fsp3) is 1.00. The van der Waals surface area contributed by atoms with Crippen molar-refractivity contribution >= 4 is 23.2 Å². The van der Waals surface area contributed by atoms with E-state index in [1.807, 2.05) is 13.8 Å². The molecule has 4 heteroatoms. The van der Waals surface area contributed by atoms with Gasteiger partial charge in [-0.25, -0.2) is 0 Å². The zero-order valence-corrected chi connectivity index (χ0v) is 8.53. The molecule has 0 aliphatic heterocycles. The van der Waals surface area contributed by atoms with Crippen LogP contribution in [0, 0.1) is 0 Å². The van der Waals surface area contributed by atoms with E-state index in [1.54, 1.807) is 0 Å². The first-order chi connectivity index (χ1) is 5.18. The molecule has 2 nitrogen and oxygen atoms in total. The normalized spacial score (nSPS) is 9.27. The first-order valence-corrected chi connectivity index (χ1v) is 4.53. The summed E-state index contributed by atoms with van der Waals surface area (Å²) < 4.78 is 4.83. The fourth-order valence-corrected chi connectivity index (χ4v) is 0.497. The van der Waals surface area contributed by atoms with Gasteiger partial charge in [0.15, 0.2) is 0 Å². The van der Waals surface area contributed by atoms with E-state index in [9.17, 15) is 0 Å². The second kappa shape index (κ2) is 13.1. The third-order valence-electron chi connectivity index (χ3n) is 0.756. The summed E-state index contributed by atoms with van der Waals surface area (Å²) in [4.78, 5) is -0.407. The lowest BCUT2D eigenvalue weighted by atomic mass is 10.5. The van der Waals surface area contributed by atoms with Crippen molar-refractivity contribution < 1.29 is 9.84 Å². The number of halogens is 2. The molecule has 0 atom stereocenters. The van der Waals surface area contributed by atoms with Gasteiger partial charge in [-0.2, -0.15) is 0 Å². The Morgan fingerprint density at radius 3 is 1.73 bits per heavy atom. The van der Waals surface area contributed by atoms with Gasteiger partial charge in [-0.15, -0.1) is 23.2 Å². The SMILES string of the molecule is CCOCC.OCCC(Cl)Cl. The third kappa shape index (κ3) is 25.1. The van der Waals surface area contributed by atoms with Crippen molar-refractivity contribution in [1.82, 2.24) is 0 Å². The molecule has 0 aromatic heterocycles. The molecule has 0 fully saturated rings. The van der Waals surface area contributed by atoms with E-state index in [0.717, 1.165) is 13.2 Å². The highest BCUT2D eigenvalue weighted by Gasteiger charge is 1.92. The Bertz CT molecular complexity index is 58.4. The smallest absolute Gasteiger partial charge is 0.110 e. The molecule has 11 heavy (non-hydrogen) atoms. The van der Waals surface area contributed by atoms with Gasteiger partial charge in [-0.3, -0.25) is 0 Å². The standard InChI is InChI=1S/C4H10O.C3H6Cl2O/c1-3-5-4-2;4-3(5)1-2-6/h3-4H2,1-2H3;3,6H,1-2H2. The number of aliphatic hydroxyl groups is 1. The van der Waals surface area contributed by atoms with Crippen LogP contribution in [0.25, 0.3) is 0 Å². The summed E-state index contributed by atoms with van der Waals surface area (Å²) in [6.45, 7) is 5.73.